The summed E-state index contributed by atoms with van der Waals surface area (Å²) in [6, 6.07) is 7.53. The Hall–Kier alpha value is -2.74. The summed E-state index contributed by atoms with van der Waals surface area (Å²) in [6.07, 6.45) is 1.69. The molecule has 0 atom stereocenters. The molecule has 0 saturated carbocycles. The largest absolute Gasteiger partial charge is 0.335 e. The standard InChI is InChI=1S/C21H21Cl2N7/c1-11-7-17(26-12(2)25-11)28-21-19-16(5-6-24-21)27-20(29-19)18-14(22)8-13(9-15(18)23)10-30(3)4/h5-9H,10H2,1-4H3,(H,27,29)(H,24,25,26,28). The summed E-state index contributed by atoms with van der Waals surface area (Å²) in [5.74, 6) is 2.55. The lowest BCUT2D eigenvalue weighted by Gasteiger charge is -2.12. The summed E-state index contributed by atoms with van der Waals surface area (Å²) < 4.78 is 0. The Morgan fingerprint density at radius 3 is 2.43 bits per heavy atom. The number of hydrogen-bond donors (Lipinski definition) is 2. The zero-order valence-corrected chi connectivity index (χ0v) is 18.6. The first-order valence-electron chi connectivity index (χ1n) is 9.37. The third-order valence-corrected chi connectivity index (χ3v) is 5.05. The van der Waals surface area contributed by atoms with Crippen molar-refractivity contribution in [2.24, 2.45) is 0 Å². The summed E-state index contributed by atoms with van der Waals surface area (Å²) in [5, 5.41) is 4.34. The number of imidazole rings is 1. The highest BCUT2D eigenvalue weighted by molar-refractivity contribution is 6.39. The van der Waals surface area contributed by atoms with E-state index >= 15 is 0 Å². The minimum Gasteiger partial charge on any atom is -0.335 e. The number of anilines is 2. The van der Waals surface area contributed by atoms with E-state index < -0.39 is 0 Å². The second-order valence-electron chi connectivity index (χ2n) is 7.38. The highest BCUT2D eigenvalue weighted by Crippen LogP contribution is 2.36. The van der Waals surface area contributed by atoms with Crippen molar-refractivity contribution in [1.82, 2.24) is 29.8 Å². The van der Waals surface area contributed by atoms with Crippen molar-refractivity contribution in [3.8, 4) is 11.4 Å². The van der Waals surface area contributed by atoms with Crippen LogP contribution in [0.1, 0.15) is 17.1 Å². The topological polar surface area (TPSA) is 82.6 Å². The van der Waals surface area contributed by atoms with Gasteiger partial charge >= 0.3 is 0 Å². The molecule has 0 bridgehead atoms. The van der Waals surface area contributed by atoms with Gasteiger partial charge in [-0.25, -0.2) is 19.9 Å². The van der Waals surface area contributed by atoms with Crippen LogP contribution in [0.15, 0.2) is 30.5 Å². The van der Waals surface area contributed by atoms with Gasteiger partial charge in [-0.15, -0.1) is 0 Å². The van der Waals surface area contributed by atoms with E-state index in [0.29, 0.717) is 38.9 Å². The third kappa shape index (κ3) is 4.23. The lowest BCUT2D eigenvalue weighted by Crippen LogP contribution is -2.10. The number of fused-ring (bicyclic) bond motifs is 1. The van der Waals surface area contributed by atoms with Crippen LogP contribution in [0.4, 0.5) is 11.6 Å². The van der Waals surface area contributed by atoms with Gasteiger partial charge in [0, 0.05) is 24.5 Å². The van der Waals surface area contributed by atoms with E-state index in [2.05, 4.69) is 35.1 Å². The Labute approximate surface area is 184 Å². The van der Waals surface area contributed by atoms with Crippen molar-refractivity contribution in [3.05, 3.63) is 57.6 Å². The van der Waals surface area contributed by atoms with E-state index in [1.807, 2.05) is 52.2 Å². The van der Waals surface area contributed by atoms with Crippen LogP contribution in [0, 0.1) is 13.8 Å². The summed E-state index contributed by atoms with van der Waals surface area (Å²) in [6.45, 7) is 4.52. The van der Waals surface area contributed by atoms with Gasteiger partial charge in [-0.05, 0) is 51.7 Å². The average Bonchev–Trinajstić information content (AvgIpc) is 3.04. The molecule has 4 rings (SSSR count). The van der Waals surface area contributed by atoms with Crippen LogP contribution in [0.5, 0.6) is 0 Å². The Balaban J connectivity index is 1.75. The third-order valence-electron chi connectivity index (χ3n) is 4.45. The lowest BCUT2D eigenvalue weighted by atomic mass is 10.1. The second-order valence-corrected chi connectivity index (χ2v) is 8.19. The summed E-state index contributed by atoms with van der Waals surface area (Å²) in [7, 11) is 3.99. The van der Waals surface area contributed by atoms with Crippen LogP contribution in [-0.2, 0) is 6.54 Å². The van der Waals surface area contributed by atoms with Crippen LogP contribution in [0.3, 0.4) is 0 Å². The highest BCUT2D eigenvalue weighted by Gasteiger charge is 2.17. The monoisotopic (exact) mass is 441 g/mol. The maximum absolute atomic E-state index is 6.57. The van der Waals surface area contributed by atoms with Crippen molar-refractivity contribution >= 4 is 45.9 Å². The fraction of sp³-hybridized carbons (Fsp3) is 0.238. The Kier molecular flexibility index (Phi) is 5.60. The molecule has 1 aromatic carbocycles. The molecule has 30 heavy (non-hydrogen) atoms. The molecular formula is C21H21Cl2N7. The Bertz CT molecular complexity index is 1190. The molecule has 3 heterocycles. The molecule has 0 unspecified atom stereocenters. The Morgan fingerprint density at radius 1 is 1.03 bits per heavy atom. The highest BCUT2D eigenvalue weighted by atomic mass is 35.5. The van der Waals surface area contributed by atoms with Gasteiger partial charge in [-0.1, -0.05) is 23.2 Å². The summed E-state index contributed by atoms with van der Waals surface area (Å²) in [4.78, 5) is 23.2. The van der Waals surface area contributed by atoms with Gasteiger partial charge in [-0.3, -0.25) is 0 Å². The number of aromatic nitrogens is 5. The first kappa shape index (κ1) is 20.5. The zero-order valence-electron chi connectivity index (χ0n) is 17.1. The quantitative estimate of drug-likeness (QED) is 0.445. The number of H-pyrrole nitrogens is 1. The number of pyridine rings is 1. The molecule has 3 aromatic heterocycles. The molecule has 0 spiro atoms. The van der Waals surface area contributed by atoms with E-state index in [0.717, 1.165) is 28.8 Å². The minimum atomic E-state index is 0.544. The van der Waals surface area contributed by atoms with Crippen molar-refractivity contribution in [3.63, 3.8) is 0 Å². The fourth-order valence-electron chi connectivity index (χ4n) is 3.36. The summed E-state index contributed by atoms with van der Waals surface area (Å²) >= 11 is 13.1. The minimum absolute atomic E-state index is 0.544. The maximum atomic E-state index is 6.57. The Morgan fingerprint density at radius 2 is 1.77 bits per heavy atom. The van der Waals surface area contributed by atoms with Crippen molar-refractivity contribution in [2.75, 3.05) is 19.4 Å². The summed E-state index contributed by atoms with van der Waals surface area (Å²) in [5.41, 5.74) is 4.06. The predicted molar refractivity (Wildman–Crippen MR) is 122 cm³/mol. The van der Waals surface area contributed by atoms with Crippen LogP contribution in [0.25, 0.3) is 22.4 Å². The molecular weight excluding hydrogens is 421 g/mol. The van der Waals surface area contributed by atoms with E-state index in [9.17, 15) is 0 Å². The maximum Gasteiger partial charge on any atom is 0.157 e. The molecule has 2 N–H and O–H groups in total. The molecule has 0 aliphatic rings. The smallest absolute Gasteiger partial charge is 0.157 e. The van der Waals surface area contributed by atoms with Crippen molar-refractivity contribution in [2.45, 2.75) is 20.4 Å². The fourth-order valence-corrected chi connectivity index (χ4v) is 4.07. The van der Waals surface area contributed by atoms with Crippen LogP contribution in [-0.4, -0.2) is 43.9 Å². The number of benzene rings is 1. The number of halogens is 2. The van der Waals surface area contributed by atoms with Crippen LogP contribution in [0.2, 0.25) is 10.0 Å². The van der Waals surface area contributed by atoms with Gasteiger partial charge in [0.15, 0.2) is 5.82 Å². The number of nitrogens with zero attached hydrogens (tertiary/aromatic N) is 5. The lowest BCUT2D eigenvalue weighted by molar-refractivity contribution is 0.402. The van der Waals surface area contributed by atoms with Crippen molar-refractivity contribution < 1.29 is 0 Å². The molecule has 0 fully saturated rings. The number of hydrogen-bond acceptors (Lipinski definition) is 6. The molecule has 0 aliphatic carbocycles. The van der Waals surface area contributed by atoms with Crippen LogP contribution >= 0.6 is 23.2 Å². The normalized spacial score (nSPS) is 11.4. The van der Waals surface area contributed by atoms with E-state index in [1.54, 1.807) is 6.20 Å². The molecule has 154 valence electrons. The van der Waals surface area contributed by atoms with Gasteiger partial charge in [0.25, 0.3) is 0 Å². The van der Waals surface area contributed by atoms with E-state index in [-0.39, 0.29) is 0 Å². The average molecular weight is 442 g/mol. The van der Waals surface area contributed by atoms with Crippen molar-refractivity contribution in [1.29, 1.82) is 0 Å². The zero-order chi connectivity index (χ0) is 21.4. The second kappa shape index (κ2) is 8.18. The number of aromatic amines is 1. The number of rotatable bonds is 5. The van der Waals surface area contributed by atoms with Gasteiger partial charge in [-0.2, -0.15) is 0 Å². The molecule has 7 nitrogen and oxygen atoms in total. The molecule has 0 amide bonds. The molecule has 4 aromatic rings. The van der Waals surface area contributed by atoms with Gasteiger partial charge in [0.1, 0.15) is 23.0 Å². The first-order valence-corrected chi connectivity index (χ1v) is 10.1. The van der Waals surface area contributed by atoms with Gasteiger partial charge < -0.3 is 15.2 Å². The molecule has 9 heteroatoms. The number of aryl methyl sites for hydroxylation is 2. The van der Waals surface area contributed by atoms with E-state index in [1.165, 1.54) is 0 Å². The SMILES string of the molecule is Cc1cc(Nc2nccc3nc(-c4c(Cl)cc(CN(C)C)cc4Cl)[nH]c23)nc(C)n1. The van der Waals surface area contributed by atoms with E-state index in [4.69, 9.17) is 23.2 Å². The number of nitrogens with one attached hydrogen (secondary N) is 2. The van der Waals surface area contributed by atoms with Crippen LogP contribution < -0.4 is 5.32 Å². The molecule has 0 saturated heterocycles. The van der Waals surface area contributed by atoms with Gasteiger partial charge in [0.05, 0.1) is 21.1 Å². The molecule has 0 radical (unpaired) electrons. The van der Waals surface area contributed by atoms with Gasteiger partial charge in [0.2, 0.25) is 0 Å². The predicted octanol–water partition coefficient (Wildman–Crippen LogP) is 5.14. The molecule has 0 aliphatic heterocycles. The first-order chi connectivity index (χ1) is 14.3.